The smallest absolute Gasteiger partial charge is 0.278 e. The SMILES string of the molecule is CC(O)C(c1cccc([N+](=O)[O-])c1C(C(C)O)=S(=O)=O)=S(=O)=O. The Morgan fingerprint density at radius 1 is 1.04 bits per heavy atom. The predicted molar refractivity (Wildman–Crippen MR) is 82.5 cm³/mol. The summed E-state index contributed by atoms with van der Waals surface area (Å²) in [6, 6.07) is 3.25. The zero-order valence-electron chi connectivity index (χ0n) is 12.0. The fourth-order valence-electron chi connectivity index (χ4n) is 2.04. The van der Waals surface area contributed by atoms with E-state index in [1.165, 1.54) is 0 Å². The molecule has 0 amide bonds. The van der Waals surface area contributed by atoms with Crippen molar-refractivity contribution in [3.63, 3.8) is 0 Å². The van der Waals surface area contributed by atoms with Crippen molar-refractivity contribution >= 4 is 36.0 Å². The van der Waals surface area contributed by atoms with Gasteiger partial charge in [0.05, 0.1) is 22.7 Å². The van der Waals surface area contributed by atoms with E-state index in [1.807, 2.05) is 0 Å². The summed E-state index contributed by atoms with van der Waals surface area (Å²) in [6.07, 6.45) is -3.16. The van der Waals surface area contributed by atoms with Crippen molar-refractivity contribution < 1.29 is 32.0 Å². The standard InChI is InChI=1S/C12H13NO8S2/c1-6(14)11(22(18)19)8-4-3-5-9(13(16)17)10(8)12(7(2)15)23(20)21/h3-7,14-15H,1-2H3. The van der Waals surface area contributed by atoms with Crippen molar-refractivity contribution in [2.45, 2.75) is 26.1 Å². The van der Waals surface area contributed by atoms with Crippen LogP contribution in [0.1, 0.15) is 25.0 Å². The van der Waals surface area contributed by atoms with Crippen LogP contribution in [-0.4, -0.2) is 53.9 Å². The Morgan fingerprint density at radius 2 is 1.52 bits per heavy atom. The number of benzene rings is 1. The third kappa shape index (κ3) is 4.01. The molecule has 1 rings (SSSR count). The van der Waals surface area contributed by atoms with Crippen LogP contribution >= 0.6 is 0 Å². The Labute approximate surface area is 134 Å². The molecule has 0 saturated heterocycles. The number of aliphatic hydroxyl groups is 2. The molecule has 0 bridgehead atoms. The Hall–Kier alpha value is -2.08. The summed E-state index contributed by atoms with van der Waals surface area (Å²) >= 11 is 0. The lowest BCUT2D eigenvalue weighted by Crippen LogP contribution is -2.27. The predicted octanol–water partition coefficient (Wildman–Crippen LogP) is -0.844. The van der Waals surface area contributed by atoms with Crippen LogP contribution in [0.4, 0.5) is 5.69 Å². The van der Waals surface area contributed by atoms with E-state index in [2.05, 4.69) is 0 Å². The van der Waals surface area contributed by atoms with E-state index >= 15 is 0 Å². The molecule has 0 aliphatic carbocycles. The zero-order chi connectivity index (χ0) is 17.9. The van der Waals surface area contributed by atoms with Crippen LogP contribution in [0.3, 0.4) is 0 Å². The molecule has 0 saturated carbocycles. The largest absolute Gasteiger partial charge is 0.388 e. The van der Waals surface area contributed by atoms with Gasteiger partial charge in [0.1, 0.15) is 9.73 Å². The van der Waals surface area contributed by atoms with E-state index in [9.17, 15) is 37.2 Å². The molecule has 0 aliphatic rings. The lowest BCUT2D eigenvalue weighted by molar-refractivity contribution is -0.385. The second kappa shape index (κ2) is 7.46. The molecule has 2 unspecified atom stereocenters. The van der Waals surface area contributed by atoms with Crippen molar-refractivity contribution in [3.05, 3.63) is 39.4 Å². The van der Waals surface area contributed by atoms with Gasteiger partial charge in [-0.15, -0.1) is 0 Å². The fraction of sp³-hybridized carbons (Fsp3) is 0.333. The van der Waals surface area contributed by atoms with Crippen LogP contribution in [0, 0.1) is 10.1 Å². The Morgan fingerprint density at radius 3 is 1.87 bits per heavy atom. The summed E-state index contributed by atoms with van der Waals surface area (Å²) in [4.78, 5) is 8.91. The van der Waals surface area contributed by atoms with Gasteiger partial charge in [0.25, 0.3) is 5.69 Å². The molecule has 1 aromatic rings. The van der Waals surface area contributed by atoms with Crippen LogP contribution < -0.4 is 0 Å². The average Bonchev–Trinajstić information content (AvgIpc) is 2.38. The zero-order valence-corrected chi connectivity index (χ0v) is 13.6. The van der Waals surface area contributed by atoms with E-state index in [1.54, 1.807) is 0 Å². The molecule has 2 N–H and O–H groups in total. The van der Waals surface area contributed by atoms with Crippen LogP contribution in [0.25, 0.3) is 0 Å². The van der Waals surface area contributed by atoms with Crippen molar-refractivity contribution in [1.29, 1.82) is 0 Å². The van der Waals surface area contributed by atoms with Gasteiger partial charge < -0.3 is 10.2 Å². The number of nitro groups is 1. The van der Waals surface area contributed by atoms with Crippen LogP contribution in [0.15, 0.2) is 18.2 Å². The first kappa shape index (κ1) is 19.0. The molecule has 0 aromatic heterocycles. The maximum atomic E-state index is 11.4. The highest BCUT2D eigenvalue weighted by atomic mass is 32.2. The Balaban J connectivity index is 4.13. The molecule has 0 aliphatic heterocycles. The van der Waals surface area contributed by atoms with Gasteiger partial charge >= 0.3 is 0 Å². The fourth-order valence-corrected chi connectivity index (χ4v) is 3.33. The molecule has 0 spiro atoms. The molecular formula is C12H13NO8S2. The van der Waals surface area contributed by atoms with Gasteiger partial charge in [0.2, 0.25) is 20.6 Å². The maximum Gasteiger partial charge on any atom is 0.278 e. The monoisotopic (exact) mass is 363 g/mol. The quantitative estimate of drug-likeness (QED) is 0.297. The van der Waals surface area contributed by atoms with E-state index in [4.69, 9.17) is 0 Å². The maximum absolute atomic E-state index is 11.4. The van der Waals surface area contributed by atoms with E-state index in [0.29, 0.717) is 0 Å². The molecule has 1 aromatic carbocycles. The molecule has 126 valence electrons. The van der Waals surface area contributed by atoms with Gasteiger partial charge in [-0.3, -0.25) is 10.1 Å². The van der Waals surface area contributed by atoms with E-state index in [0.717, 1.165) is 32.0 Å². The molecule has 0 radical (unpaired) electrons. The first-order chi connectivity index (χ1) is 10.6. The highest BCUT2D eigenvalue weighted by molar-refractivity contribution is 7.74. The number of aliphatic hydroxyl groups excluding tert-OH is 2. The van der Waals surface area contributed by atoms with E-state index in [-0.39, 0.29) is 5.56 Å². The molecule has 0 fully saturated rings. The van der Waals surface area contributed by atoms with E-state index < -0.39 is 58.7 Å². The lowest BCUT2D eigenvalue weighted by atomic mass is 9.96. The van der Waals surface area contributed by atoms with Crippen LogP contribution in [0.2, 0.25) is 0 Å². The second-order valence-corrected chi connectivity index (χ2v) is 6.33. The molecule has 11 heteroatoms. The molecule has 9 nitrogen and oxygen atoms in total. The lowest BCUT2D eigenvalue weighted by Gasteiger charge is -2.14. The minimum atomic E-state index is -3.05. The summed E-state index contributed by atoms with van der Waals surface area (Å²) in [5.41, 5.74) is -1.63. The van der Waals surface area contributed by atoms with Gasteiger partial charge in [-0.2, -0.15) is 16.8 Å². The van der Waals surface area contributed by atoms with Gasteiger partial charge in [-0.25, -0.2) is 0 Å². The third-order valence-electron chi connectivity index (χ3n) is 2.87. The number of hydrogen-bond acceptors (Lipinski definition) is 8. The van der Waals surface area contributed by atoms with Crippen LogP contribution in [-0.2, 0) is 20.6 Å². The summed E-state index contributed by atoms with van der Waals surface area (Å²) in [5.74, 6) is 0. The molecular weight excluding hydrogens is 350 g/mol. The Bertz CT molecular complexity index is 894. The molecule has 0 heterocycles. The van der Waals surface area contributed by atoms with Crippen molar-refractivity contribution in [3.8, 4) is 0 Å². The van der Waals surface area contributed by atoms with Gasteiger partial charge in [0, 0.05) is 11.6 Å². The Kier molecular flexibility index (Phi) is 6.15. The minimum Gasteiger partial charge on any atom is -0.388 e. The normalized spacial score (nSPS) is 13.0. The van der Waals surface area contributed by atoms with Gasteiger partial charge in [-0.1, -0.05) is 12.1 Å². The highest BCUT2D eigenvalue weighted by Gasteiger charge is 2.29. The summed E-state index contributed by atoms with van der Waals surface area (Å²) in [5, 5.41) is 30.4. The number of rotatable bonds is 5. The first-order valence-corrected chi connectivity index (χ1v) is 8.31. The van der Waals surface area contributed by atoms with Crippen molar-refractivity contribution in [1.82, 2.24) is 0 Å². The highest BCUT2D eigenvalue weighted by Crippen LogP contribution is 2.25. The molecule has 2 atom stereocenters. The van der Waals surface area contributed by atoms with Gasteiger partial charge in [-0.05, 0) is 13.8 Å². The topological polar surface area (TPSA) is 152 Å². The van der Waals surface area contributed by atoms with Crippen molar-refractivity contribution in [2.75, 3.05) is 0 Å². The van der Waals surface area contributed by atoms with Crippen molar-refractivity contribution in [2.24, 2.45) is 0 Å². The van der Waals surface area contributed by atoms with Crippen LogP contribution in [0.5, 0.6) is 0 Å². The number of nitro benzene ring substituents is 1. The summed E-state index contributed by atoms with van der Waals surface area (Å²) < 4.78 is 45.5. The minimum absolute atomic E-state index is 0.359. The summed E-state index contributed by atoms with van der Waals surface area (Å²) in [6.45, 7) is 2.19. The first-order valence-electron chi connectivity index (χ1n) is 6.16. The summed E-state index contributed by atoms with van der Waals surface area (Å²) in [7, 11) is -6.01. The van der Waals surface area contributed by atoms with Gasteiger partial charge in [0.15, 0.2) is 0 Å². The number of hydrogen-bond donors (Lipinski definition) is 2. The third-order valence-corrected chi connectivity index (χ3v) is 4.69. The average molecular weight is 363 g/mol. The number of nitrogens with zero attached hydrogens (tertiary/aromatic N) is 1. The molecule has 23 heavy (non-hydrogen) atoms. The second-order valence-electron chi connectivity index (χ2n) is 4.51.